The van der Waals surface area contributed by atoms with Gasteiger partial charge in [0.2, 0.25) is 0 Å². The van der Waals surface area contributed by atoms with Gasteiger partial charge >= 0.3 is 0 Å². The van der Waals surface area contributed by atoms with E-state index in [4.69, 9.17) is 0 Å². The van der Waals surface area contributed by atoms with Crippen molar-refractivity contribution in [2.75, 3.05) is 11.5 Å². The number of aliphatic hydroxyl groups excluding tert-OH is 2. The fourth-order valence-corrected chi connectivity index (χ4v) is 6.00. The first-order chi connectivity index (χ1) is 10.1. The van der Waals surface area contributed by atoms with E-state index in [-0.39, 0.29) is 16.3 Å². The van der Waals surface area contributed by atoms with E-state index in [9.17, 15) is 10.2 Å². The molecule has 0 aliphatic carbocycles. The van der Waals surface area contributed by atoms with E-state index >= 15 is 0 Å². The molecule has 2 nitrogen and oxygen atoms in total. The maximum absolute atomic E-state index is 10.7. The highest BCUT2D eigenvalue weighted by Crippen LogP contribution is 2.49. The zero-order chi connectivity index (χ0) is 15.6. The van der Waals surface area contributed by atoms with Gasteiger partial charge in [0.1, 0.15) is 0 Å². The molecule has 2 atom stereocenters. The van der Waals surface area contributed by atoms with E-state index in [1.165, 1.54) is 30.8 Å². The number of aliphatic hydroxyl groups is 2. The minimum atomic E-state index is -0.318. The van der Waals surface area contributed by atoms with Crippen LogP contribution in [-0.2, 0) is 0 Å². The first kappa shape index (κ1) is 19.4. The molecule has 1 unspecified atom stereocenters. The van der Waals surface area contributed by atoms with Crippen molar-refractivity contribution in [2.45, 2.75) is 81.5 Å². The number of hydrogen-bond donors (Lipinski definition) is 2. The van der Waals surface area contributed by atoms with E-state index in [0.717, 1.165) is 32.1 Å². The quantitative estimate of drug-likeness (QED) is 0.453. The van der Waals surface area contributed by atoms with Crippen LogP contribution < -0.4 is 0 Å². The van der Waals surface area contributed by atoms with Crippen molar-refractivity contribution in [3.63, 3.8) is 0 Å². The zero-order valence-corrected chi connectivity index (χ0v) is 15.2. The largest absolute Gasteiger partial charge is 0.391 e. The van der Waals surface area contributed by atoms with Crippen LogP contribution in [0.4, 0.5) is 0 Å². The second-order valence-electron chi connectivity index (χ2n) is 5.82. The molecular weight excluding hydrogens is 300 g/mol. The molecule has 0 aromatic carbocycles. The van der Waals surface area contributed by atoms with Crippen LogP contribution in [0.1, 0.15) is 65.2 Å². The SMILES string of the molecule is CCCCC[C@@H](O)C1(CC/C=C/C(O)CC)SCCCS1. The van der Waals surface area contributed by atoms with Crippen molar-refractivity contribution in [1.29, 1.82) is 0 Å². The summed E-state index contributed by atoms with van der Waals surface area (Å²) in [7, 11) is 0. The highest BCUT2D eigenvalue weighted by atomic mass is 32.2. The molecule has 1 aliphatic rings. The summed E-state index contributed by atoms with van der Waals surface area (Å²) in [5.41, 5.74) is 0. The minimum Gasteiger partial charge on any atom is -0.391 e. The Hall–Kier alpha value is 0.360. The van der Waals surface area contributed by atoms with Crippen LogP contribution in [0.2, 0.25) is 0 Å². The van der Waals surface area contributed by atoms with Gasteiger partial charge in [-0.3, -0.25) is 0 Å². The van der Waals surface area contributed by atoms with Crippen LogP contribution in [0.25, 0.3) is 0 Å². The lowest BCUT2D eigenvalue weighted by Gasteiger charge is -2.40. The van der Waals surface area contributed by atoms with Gasteiger partial charge < -0.3 is 10.2 Å². The Balaban J connectivity index is 2.50. The molecule has 0 radical (unpaired) electrons. The predicted octanol–water partition coefficient (Wildman–Crippen LogP) is 4.60. The summed E-state index contributed by atoms with van der Waals surface area (Å²) in [5, 5.41) is 20.3. The first-order valence-corrected chi connectivity index (χ1v) is 10.4. The minimum absolute atomic E-state index is 0.0203. The molecule has 2 N–H and O–H groups in total. The van der Waals surface area contributed by atoms with Gasteiger partial charge in [0.25, 0.3) is 0 Å². The Morgan fingerprint density at radius 1 is 1.14 bits per heavy atom. The summed E-state index contributed by atoms with van der Waals surface area (Å²) in [6, 6.07) is 0. The number of allylic oxidation sites excluding steroid dienone is 1. The lowest BCUT2D eigenvalue weighted by molar-refractivity contribution is 0.144. The lowest BCUT2D eigenvalue weighted by atomic mass is 10.0. The Morgan fingerprint density at radius 2 is 1.86 bits per heavy atom. The molecule has 0 aromatic rings. The van der Waals surface area contributed by atoms with Crippen molar-refractivity contribution in [2.24, 2.45) is 0 Å². The highest BCUT2D eigenvalue weighted by Gasteiger charge is 2.39. The van der Waals surface area contributed by atoms with E-state index < -0.39 is 0 Å². The molecule has 1 fully saturated rings. The molecule has 0 saturated carbocycles. The van der Waals surface area contributed by atoms with Crippen molar-refractivity contribution in [3.05, 3.63) is 12.2 Å². The van der Waals surface area contributed by atoms with Crippen molar-refractivity contribution in [3.8, 4) is 0 Å². The van der Waals surface area contributed by atoms with Crippen LogP contribution in [-0.4, -0.2) is 38.0 Å². The summed E-state index contributed by atoms with van der Waals surface area (Å²) >= 11 is 3.92. The Kier molecular flexibility index (Phi) is 10.1. The number of thioether (sulfide) groups is 2. The Morgan fingerprint density at radius 3 is 2.48 bits per heavy atom. The molecule has 124 valence electrons. The third-order valence-corrected chi connectivity index (χ3v) is 7.63. The van der Waals surface area contributed by atoms with Crippen molar-refractivity contribution >= 4 is 23.5 Å². The van der Waals surface area contributed by atoms with E-state index in [0.29, 0.717) is 0 Å². The average molecular weight is 333 g/mol. The zero-order valence-electron chi connectivity index (χ0n) is 13.6. The topological polar surface area (TPSA) is 40.5 Å². The predicted molar refractivity (Wildman–Crippen MR) is 97.1 cm³/mol. The smallest absolute Gasteiger partial charge is 0.0871 e. The molecule has 1 aliphatic heterocycles. The summed E-state index contributed by atoms with van der Waals surface area (Å²) < 4.78 is -0.0203. The summed E-state index contributed by atoms with van der Waals surface area (Å²) in [6.07, 6.45) is 11.9. The van der Waals surface area contributed by atoms with E-state index in [2.05, 4.69) is 13.0 Å². The summed E-state index contributed by atoms with van der Waals surface area (Å²) in [6.45, 7) is 4.19. The van der Waals surface area contributed by atoms with Crippen LogP contribution in [0.5, 0.6) is 0 Å². The third-order valence-electron chi connectivity index (χ3n) is 4.01. The number of rotatable bonds is 10. The summed E-state index contributed by atoms with van der Waals surface area (Å²) in [4.78, 5) is 0. The van der Waals surface area contributed by atoms with Crippen LogP contribution in [0.3, 0.4) is 0 Å². The van der Waals surface area contributed by atoms with Crippen LogP contribution in [0.15, 0.2) is 12.2 Å². The molecule has 1 heterocycles. The molecule has 21 heavy (non-hydrogen) atoms. The molecule has 0 spiro atoms. The van der Waals surface area contributed by atoms with Gasteiger partial charge in [0.05, 0.1) is 16.3 Å². The average Bonchev–Trinajstić information content (AvgIpc) is 2.52. The monoisotopic (exact) mass is 332 g/mol. The third kappa shape index (κ3) is 6.98. The molecule has 0 bridgehead atoms. The van der Waals surface area contributed by atoms with Gasteiger partial charge in [-0.2, -0.15) is 0 Å². The lowest BCUT2D eigenvalue weighted by Crippen LogP contribution is -2.38. The van der Waals surface area contributed by atoms with Crippen molar-refractivity contribution in [1.82, 2.24) is 0 Å². The molecular formula is C17H32O2S2. The van der Waals surface area contributed by atoms with Gasteiger partial charge in [-0.05, 0) is 43.6 Å². The maximum atomic E-state index is 10.7. The molecule has 0 aromatic heterocycles. The molecule has 0 amide bonds. The Labute approximate surface area is 139 Å². The summed E-state index contributed by atoms with van der Waals surface area (Å²) in [5.74, 6) is 2.33. The standard InChI is InChI=1S/C17H32O2S2/c1-3-5-6-11-16(19)17(20-13-9-14-21-17)12-8-7-10-15(18)4-2/h7,10,15-16,18-19H,3-6,8-9,11-14H2,1-2H3/b10-7+/t15?,16-/m1/s1. The van der Waals surface area contributed by atoms with Gasteiger partial charge in [-0.15, -0.1) is 23.5 Å². The Bertz CT molecular complexity index is 289. The molecule has 4 heteroatoms. The van der Waals surface area contributed by atoms with Crippen molar-refractivity contribution < 1.29 is 10.2 Å². The van der Waals surface area contributed by atoms with Crippen LogP contribution in [0, 0.1) is 0 Å². The fraction of sp³-hybridized carbons (Fsp3) is 0.882. The number of unbranched alkanes of at least 4 members (excludes halogenated alkanes) is 2. The van der Waals surface area contributed by atoms with Gasteiger partial charge in [-0.25, -0.2) is 0 Å². The molecule has 1 saturated heterocycles. The van der Waals surface area contributed by atoms with E-state index in [1.807, 2.05) is 36.5 Å². The second kappa shape index (κ2) is 11.0. The van der Waals surface area contributed by atoms with Gasteiger partial charge in [0, 0.05) is 0 Å². The van der Waals surface area contributed by atoms with Gasteiger partial charge in [-0.1, -0.05) is 45.3 Å². The maximum Gasteiger partial charge on any atom is 0.0871 e. The normalized spacial score (nSPS) is 21.5. The van der Waals surface area contributed by atoms with E-state index in [1.54, 1.807) is 0 Å². The second-order valence-corrected chi connectivity index (χ2v) is 8.93. The number of hydrogen-bond acceptors (Lipinski definition) is 4. The molecule has 1 rings (SSSR count). The van der Waals surface area contributed by atoms with Crippen LogP contribution >= 0.6 is 23.5 Å². The fourth-order valence-electron chi connectivity index (χ4n) is 2.58. The highest BCUT2D eigenvalue weighted by molar-refractivity contribution is 8.18. The first-order valence-electron chi connectivity index (χ1n) is 8.45. The van der Waals surface area contributed by atoms with Gasteiger partial charge in [0.15, 0.2) is 0 Å².